The van der Waals surface area contributed by atoms with E-state index in [4.69, 9.17) is 9.15 Å². The molecule has 0 saturated carbocycles. The second kappa shape index (κ2) is 7.93. The highest BCUT2D eigenvalue weighted by atomic mass is 32.2. The summed E-state index contributed by atoms with van der Waals surface area (Å²) in [5.74, 6) is 2.81. The van der Waals surface area contributed by atoms with Crippen LogP contribution in [-0.4, -0.2) is 31.8 Å². The summed E-state index contributed by atoms with van der Waals surface area (Å²) in [6, 6.07) is 11.7. The van der Waals surface area contributed by atoms with Crippen molar-refractivity contribution >= 4 is 23.1 Å². The Morgan fingerprint density at radius 1 is 1.22 bits per heavy atom. The first kappa shape index (κ1) is 17.7. The average Bonchev–Trinajstić information content (AvgIpc) is 3.42. The van der Waals surface area contributed by atoms with Gasteiger partial charge in [0.25, 0.3) is 0 Å². The van der Waals surface area contributed by atoms with E-state index in [0.29, 0.717) is 23.4 Å². The molecule has 0 saturated heterocycles. The molecule has 138 valence electrons. The smallest absolute Gasteiger partial charge is 0.236 e. The van der Waals surface area contributed by atoms with Crippen molar-refractivity contribution in [2.24, 2.45) is 0 Å². The van der Waals surface area contributed by atoms with Crippen LogP contribution in [-0.2, 0) is 5.75 Å². The maximum absolute atomic E-state index is 5.80. The number of para-hydroxylation sites is 2. The summed E-state index contributed by atoms with van der Waals surface area (Å²) in [4.78, 5) is 5.64. The predicted molar refractivity (Wildman–Crippen MR) is 104 cm³/mol. The van der Waals surface area contributed by atoms with Crippen molar-refractivity contribution in [1.29, 1.82) is 0 Å². The Morgan fingerprint density at radius 2 is 2.11 bits per heavy atom. The lowest BCUT2D eigenvalue weighted by atomic mass is 10.3. The first-order valence-electron chi connectivity index (χ1n) is 8.40. The molecular weight excluding hydrogens is 382 g/mol. The molecule has 3 heterocycles. The minimum absolute atomic E-state index is 0.575. The molecule has 0 aliphatic rings. The number of aryl methyl sites for hydroxylation is 1. The van der Waals surface area contributed by atoms with Crippen LogP contribution in [0.4, 0.5) is 0 Å². The van der Waals surface area contributed by atoms with Crippen molar-refractivity contribution in [3.05, 3.63) is 53.2 Å². The van der Waals surface area contributed by atoms with Crippen LogP contribution in [0.1, 0.15) is 18.4 Å². The average molecular weight is 400 g/mol. The van der Waals surface area contributed by atoms with Gasteiger partial charge in [0, 0.05) is 5.75 Å². The molecule has 1 aromatic carbocycles. The van der Waals surface area contributed by atoms with Crippen LogP contribution in [0.3, 0.4) is 0 Å². The highest BCUT2D eigenvalue weighted by molar-refractivity contribution is 7.98. The van der Waals surface area contributed by atoms with E-state index in [-0.39, 0.29) is 0 Å². The molecule has 0 N–H and O–H groups in total. The van der Waals surface area contributed by atoms with Crippen molar-refractivity contribution in [1.82, 2.24) is 25.2 Å². The molecule has 0 fully saturated rings. The quantitative estimate of drug-likeness (QED) is 0.427. The monoisotopic (exact) mass is 399 g/mol. The van der Waals surface area contributed by atoms with Crippen LogP contribution in [0, 0.1) is 6.92 Å². The molecule has 3 aromatic heterocycles. The standard InChI is InChI=1S/C18H17N5O2S2/c1-3-24-15-8-5-4-7-14(15)23-18(20-21-22-23)27-11-13-12(2)25-17(19-13)16-9-6-10-26-16/h4-10H,3,11H2,1-2H3. The van der Waals surface area contributed by atoms with E-state index in [2.05, 4.69) is 20.5 Å². The van der Waals surface area contributed by atoms with Gasteiger partial charge >= 0.3 is 0 Å². The Balaban J connectivity index is 1.55. The van der Waals surface area contributed by atoms with Crippen molar-refractivity contribution in [2.75, 3.05) is 6.61 Å². The van der Waals surface area contributed by atoms with Crippen molar-refractivity contribution < 1.29 is 9.15 Å². The fourth-order valence-corrected chi connectivity index (χ4v) is 4.06. The van der Waals surface area contributed by atoms with E-state index in [1.807, 2.05) is 55.6 Å². The highest BCUT2D eigenvalue weighted by Crippen LogP contribution is 2.30. The molecule has 0 radical (unpaired) electrons. The minimum atomic E-state index is 0.575. The molecule has 0 unspecified atom stereocenters. The highest BCUT2D eigenvalue weighted by Gasteiger charge is 2.17. The number of aromatic nitrogens is 5. The summed E-state index contributed by atoms with van der Waals surface area (Å²) >= 11 is 3.11. The van der Waals surface area contributed by atoms with Crippen LogP contribution < -0.4 is 4.74 Å². The van der Waals surface area contributed by atoms with Crippen molar-refractivity contribution in [3.8, 4) is 22.2 Å². The Hall–Kier alpha value is -2.65. The van der Waals surface area contributed by atoms with Crippen LogP contribution in [0.15, 0.2) is 51.4 Å². The van der Waals surface area contributed by atoms with Gasteiger partial charge in [-0.05, 0) is 47.9 Å². The normalized spacial score (nSPS) is 11.0. The summed E-state index contributed by atoms with van der Waals surface area (Å²) in [5, 5.41) is 14.8. The lowest BCUT2D eigenvalue weighted by Gasteiger charge is -2.10. The van der Waals surface area contributed by atoms with Crippen LogP contribution >= 0.6 is 23.1 Å². The summed E-state index contributed by atoms with van der Waals surface area (Å²) in [7, 11) is 0. The largest absolute Gasteiger partial charge is 0.492 e. The summed E-state index contributed by atoms with van der Waals surface area (Å²) in [5.41, 5.74) is 1.69. The number of hydrogen-bond donors (Lipinski definition) is 0. The number of thioether (sulfide) groups is 1. The zero-order valence-corrected chi connectivity index (χ0v) is 16.5. The Morgan fingerprint density at radius 3 is 2.93 bits per heavy atom. The molecule has 0 aliphatic heterocycles. The van der Waals surface area contributed by atoms with Gasteiger partial charge in [-0.1, -0.05) is 30.0 Å². The number of rotatable bonds is 7. The molecule has 0 spiro atoms. The number of thiophene rings is 1. The minimum Gasteiger partial charge on any atom is -0.492 e. The van der Waals surface area contributed by atoms with E-state index in [1.165, 1.54) is 11.8 Å². The fourth-order valence-electron chi connectivity index (χ4n) is 2.53. The topological polar surface area (TPSA) is 78.9 Å². The van der Waals surface area contributed by atoms with Gasteiger partial charge < -0.3 is 9.15 Å². The molecule has 0 bridgehead atoms. The molecule has 0 aliphatic carbocycles. The lowest BCUT2D eigenvalue weighted by Crippen LogP contribution is -2.03. The molecule has 27 heavy (non-hydrogen) atoms. The molecule has 4 aromatic rings. The SMILES string of the molecule is CCOc1ccccc1-n1nnnc1SCc1nc(-c2cccs2)oc1C. The lowest BCUT2D eigenvalue weighted by molar-refractivity contribution is 0.337. The number of benzene rings is 1. The summed E-state index contributed by atoms with van der Waals surface area (Å²) in [6.45, 7) is 4.45. The van der Waals surface area contributed by atoms with Gasteiger partial charge in [-0.15, -0.1) is 16.4 Å². The van der Waals surface area contributed by atoms with Crippen molar-refractivity contribution in [2.45, 2.75) is 24.8 Å². The maximum atomic E-state index is 5.80. The zero-order valence-electron chi connectivity index (χ0n) is 14.8. The first-order valence-corrected chi connectivity index (χ1v) is 10.3. The van der Waals surface area contributed by atoms with Crippen LogP contribution in [0.5, 0.6) is 5.75 Å². The molecule has 9 heteroatoms. The summed E-state index contributed by atoms with van der Waals surface area (Å²) < 4.78 is 13.2. The van der Waals surface area contributed by atoms with E-state index in [9.17, 15) is 0 Å². The van der Waals surface area contributed by atoms with Gasteiger partial charge in [0.1, 0.15) is 17.2 Å². The Bertz CT molecular complexity index is 1030. The van der Waals surface area contributed by atoms with Gasteiger partial charge in [-0.3, -0.25) is 0 Å². The Kier molecular flexibility index (Phi) is 5.21. The molecule has 7 nitrogen and oxygen atoms in total. The van der Waals surface area contributed by atoms with Crippen molar-refractivity contribution in [3.63, 3.8) is 0 Å². The molecular formula is C18H17N5O2S2. The third-order valence-corrected chi connectivity index (χ3v) is 5.59. The molecule has 4 rings (SSSR count). The molecule has 0 amide bonds. The number of tetrazole rings is 1. The van der Waals surface area contributed by atoms with E-state index in [1.54, 1.807) is 16.0 Å². The van der Waals surface area contributed by atoms with Gasteiger partial charge in [0.2, 0.25) is 11.0 Å². The second-order valence-corrected chi connectivity index (χ2v) is 7.45. The van der Waals surface area contributed by atoms with E-state index < -0.39 is 0 Å². The van der Waals surface area contributed by atoms with Gasteiger partial charge in [-0.25, -0.2) is 4.98 Å². The number of hydrogen-bond acceptors (Lipinski definition) is 8. The van der Waals surface area contributed by atoms with Gasteiger partial charge in [-0.2, -0.15) is 4.68 Å². The summed E-state index contributed by atoms with van der Waals surface area (Å²) in [6.07, 6.45) is 0. The second-order valence-electron chi connectivity index (χ2n) is 5.56. The molecule has 0 atom stereocenters. The Labute approximate surface area is 164 Å². The van der Waals surface area contributed by atoms with Gasteiger partial charge in [0.15, 0.2) is 0 Å². The third-order valence-electron chi connectivity index (χ3n) is 3.80. The van der Waals surface area contributed by atoms with Gasteiger partial charge in [0.05, 0.1) is 17.2 Å². The zero-order chi connectivity index (χ0) is 18.6. The van der Waals surface area contributed by atoms with E-state index in [0.717, 1.165) is 27.8 Å². The van der Waals surface area contributed by atoms with Crippen LogP contribution in [0.2, 0.25) is 0 Å². The maximum Gasteiger partial charge on any atom is 0.236 e. The van der Waals surface area contributed by atoms with E-state index >= 15 is 0 Å². The number of nitrogens with zero attached hydrogens (tertiary/aromatic N) is 5. The first-order chi connectivity index (χ1) is 13.3. The number of ether oxygens (including phenoxy) is 1. The third kappa shape index (κ3) is 3.74. The fraction of sp³-hybridized carbons (Fsp3) is 0.222. The predicted octanol–water partition coefficient (Wildman–Crippen LogP) is 4.38. The number of oxazole rings is 1. The van der Waals surface area contributed by atoms with Crippen LogP contribution in [0.25, 0.3) is 16.5 Å².